The molecule has 2 unspecified atom stereocenters. The van der Waals surface area contributed by atoms with E-state index in [9.17, 15) is 13.9 Å². The molecular weight excluding hydrogens is 397 g/mol. The monoisotopic (exact) mass is 423 g/mol. The van der Waals surface area contributed by atoms with Crippen LogP contribution in [0.4, 0.5) is 5.69 Å². The molecule has 0 saturated carbocycles. The Bertz CT molecular complexity index is 704. The summed E-state index contributed by atoms with van der Waals surface area (Å²) in [7, 11) is 0. The summed E-state index contributed by atoms with van der Waals surface area (Å²) >= 11 is -2.18. The van der Waals surface area contributed by atoms with E-state index in [1.807, 2.05) is 30.3 Å². The Morgan fingerprint density at radius 1 is 1.04 bits per heavy atom. The summed E-state index contributed by atoms with van der Waals surface area (Å²) in [5.41, 5.74) is 0.0382. The first-order valence-corrected chi connectivity index (χ1v) is 11.7. The second-order valence-corrected chi connectivity index (χ2v) is 9.30. The zero-order chi connectivity index (χ0) is 18.8. The third-order valence-electron chi connectivity index (χ3n) is 4.07. The maximum atomic E-state index is 12.7. The molecular formula is C20H25NO4Se. The van der Waals surface area contributed by atoms with Crippen LogP contribution in [0, 0.1) is 10.1 Å². The number of hydrogen-bond acceptors (Lipinski definition) is 4. The van der Waals surface area contributed by atoms with Crippen LogP contribution in [0.5, 0.6) is 5.75 Å². The van der Waals surface area contributed by atoms with Gasteiger partial charge in [0.1, 0.15) is 0 Å². The number of hydrogen-bond donors (Lipinski definition) is 0. The topological polar surface area (TPSA) is 69.4 Å². The van der Waals surface area contributed by atoms with E-state index in [2.05, 4.69) is 6.92 Å². The van der Waals surface area contributed by atoms with Crippen molar-refractivity contribution in [3.05, 3.63) is 64.7 Å². The van der Waals surface area contributed by atoms with Crippen LogP contribution in [0.1, 0.15) is 39.0 Å². The fraction of sp³-hybridized carbons (Fsp3) is 0.400. The average molecular weight is 422 g/mol. The minimum atomic E-state index is -2.18. The zero-order valence-corrected chi connectivity index (χ0v) is 16.7. The quantitative estimate of drug-likeness (QED) is 0.229. The molecule has 0 heterocycles. The number of nitro benzene ring substituents is 1. The van der Waals surface area contributed by atoms with Crippen molar-refractivity contribution in [3.63, 3.8) is 0 Å². The predicted octanol–water partition coefficient (Wildman–Crippen LogP) is 4.64. The van der Waals surface area contributed by atoms with Crippen LogP contribution in [0.15, 0.2) is 54.6 Å². The first kappa shape index (κ1) is 20.3. The van der Waals surface area contributed by atoms with E-state index in [-0.39, 0.29) is 11.8 Å². The molecule has 2 atom stereocenters. The second kappa shape index (κ2) is 10.8. The Kier molecular flexibility index (Phi) is 8.45. The van der Waals surface area contributed by atoms with Crippen molar-refractivity contribution < 1.29 is 13.5 Å². The Morgan fingerprint density at radius 3 is 2.35 bits per heavy atom. The molecule has 0 spiro atoms. The molecule has 2 aromatic rings. The minimum absolute atomic E-state index is 0.0382. The number of unbranched alkanes of at least 4 members (excludes halogenated alkanes) is 3. The number of non-ortho nitro benzene ring substituents is 1. The van der Waals surface area contributed by atoms with Gasteiger partial charge in [0.15, 0.2) is 0 Å². The summed E-state index contributed by atoms with van der Waals surface area (Å²) in [6, 6.07) is 15.6. The van der Waals surface area contributed by atoms with Crippen LogP contribution >= 0.6 is 0 Å². The molecule has 140 valence electrons. The van der Waals surface area contributed by atoms with Crippen LogP contribution < -0.4 is 9.20 Å². The molecule has 6 heteroatoms. The van der Waals surface area contributed by atoms with Gasteiger partial charge in [-0.3, -0.25) is 0 Å². The third kappa shape index (κ3) is 6.69. The number of rotatable bonds is 11. The molecule has 0 aromatic heterocycles. The van der Waals surface area contributed by atoms with Gasteiger partial charge in [-0.05, 0) is 0 Å². The van der Waals surface area contributed by atoms with E-state index in [1.165, 1.54) is 18.6 Å². The molecule has 0 bridgehead atoms. The zero-order valence-electron chi connectivity index (χ0n) is 15.0. The van der Waals surface area contributed by atoms with E-state index in [0.717, 1.165) is 30.1 Å². The van der Waals surface area contributed by atoms with Gasteiger partial charge in [-0.2, -0.15) is 0 Å². The molecule has 0 saturated heterocycles. The molecule has 0 N–H and O–H groups in total. The number of nitro groups is 1. The molecule has 26 heavy (non-hydrogen) atoms. The van der Waals surface area contributed by atoms with Crippen molar-refractivity contribution in [2.75, 3.05) is 0 Å². The number of ether oxygens (including phenoxy) is 1. The van der Waals surface area contributed by atoms with Gasteiger partial charge >= 0.3 is 158 Å². The molecule has 0 aliphatic heterocycles. The summed E-state index contributed by atoms with van der Waals surface area (Å²) in [4.78, 5) is 10.3. The maximum absolute atomic E-state index is 12.7. The van der Waals surface area contributed by atoms with Gasteiger partial charge < -0.3 is 0 Å². The van der Waals surface area contributed by atoms with Crippen LogP contribution in [0.3, 0.4) is 0 Å². The Morgan fingerprint density at radius 2 is 1.73 bits per heavy atom. The number of benzene rings is 2. The third-order valence-corrected chi connectivity index (χ3v) is 7.16. The molecule has 2 aromatic carbocycles. The van der Waals surface area contributed by atoms with Crippen LogP contribution in [-0.2, 0) is 3.83 Å². The van der Waals surface area contributed by atoms with E-state index in [4.69, 9.17) is 4.74 Å². The van der Waals surface area contributed by atoms with E-state index >= 15 is 0 Å². The van der Waals surface area contributed by atoms with Gasteiger partial charge in [0, 0.05) is 0 Å². The summed E-state index contributed by atoms with van der Waals surface area (Å²) in [5.74, 6) is 0.586. The first-order valence-electron chi connectivity index (χ1n) is 8.94. The van der Waals surface area contributed by atoms with Crippen molar-refractivity contribution in [1.82, 2.24) is 0 Å². The van der Waals surface area contributed by atoms with Crippen molar-refractivity contribution >= 4 is 24.0 Å². The fourth-order valence-corrected chi connectivity index (χ4v) is 5.22. The summed E-state index contributed by atoms with van der Waals surface area (Å²) in [6.45, 7) is 2.17. The van der Waals surface area contributed by atoms with Gasteiger partial charge in [0.25, 0.3) is 0 Å². The molecule has 0 aliphatic carbocycles. The molecule has 0 aliphatic rings. The Labute approximate surface area is 158 Å². The van der Waals surface area contributed by atoms with Crippen LogP contribution in [0.25, 0.3) is 0 Å². The molecule has 5 nitrogen and oxygen atoms in total. The van der Waals surface area contributed by atoms with E-state index < -0.39 is 18.8 Å². The van der Waals surface area contributed by atoms with Crippen molar-refractivity contribution in [2.24, 2.45) is 0 Å². The van der Waals surface area contributed by atoms with Crippen LogP contribution in [0.2, 0.25) is 5.32 Å². The fourth-order valence-electron chi connectivity index (χ4n) is 2.65. The standard InChI is InChI=1S/C20H25NO4Se/c1-2-3-4-6-9-19(16-26(24)20-10-7-5-8-11-20)25-18-14-12-17(13-15-18)21(22)23/h5,7-8,10-15,19H,2-4,6,9,16H2,1H3. The summed E-state index contributed by atoms with van der Waals surface area (Å²) in [6.07, 6.45) is 5.20. The van der Waals surface area contributed by atoms with Crippen LogP contribution in [-0.4, -0.2) is 24.9 Å². The Balaban J connectivity index is 2.02. The second-order valence-electron chi connectivity index (χ2n) is 6.17. The van der Waals surface area contributed by atoms with E-state index in [0.29, 0.717) is 11.1 Å². The normalized spacial score (nSPS) is 13.1. The summed E-state index contributed by atoms with van der Waals surface area (Å²) in [5, 5.41) is 11.3. The molecule has 2 rings (SSSR count). The molecule has 0 radical (unpaired) electrons. The number of nitrogens with zero attached hydrogens (tertiary/aromatic N) is 1. The Hall–Kier alpha value is -2.04. The van der Waals surface area contributed by atoms with Gasteiger partial charge in [-0.25, -0.2) is 0 Å². The van der Waals surface area contributed by atoms with Gasteiger partial charge in [0.2, 0.25) is 0 Å². The van der Waals surface area contributed by atoms with Crippen molar-refractivity contribution in [1.29, 1.82) is 0 Å². The molecule has 0 fully saturated rings. The predicted molar refractivity (Wildman–Crippen MR) is 104 cm³/mol. The molecule has 0 amide bonds. The summed E-state index contributed by atoms with van der Waals surface area (Å²) < 4.78 is 19.6. The van der Waals surface area contributed by atoms with Gasteiger partial charge in [-0.1, -0.05) is 0 Å². The SMILES string of the molecule is CCCCCCC(C[Se](=O)c1ccccc1)Oc1ccc([N+](=O)[O-])cc1. The average Bonchev–Trinajstić information content (AvgIpc) is 2.66. The van der Waals surface area contributed by atoms with Gasteiger partial charge in [0.05, 0.1) is 0 Å². The van der Waals surface area contributed by atoms with Crippen molar-refractivity contribution in [3.8, 4) is 5.75 Å². The first-order chi connectivity index (χ1) is 12.6. The van der Waals surface area contributed by atoms with Gasteiger partial charge in [-0.15, -0.1) is 0 Å². The van der Waals surface area contributed by atoms with Crippen molar-refractivity contribution in [2.45, 2.75) is 50.5 Å². The van der Waals surface area contributed by atoms with E-state index in [1.54, 1.807) is 12.1 Å².